The number of benzene rings is 2. The van der Waals surface area contributed by atoms with Crippen molar-refractivity contribution in [1.82, 2.24) is 29.7 Å². The van der Waals surface area contributed by atoms with Gasteiger partial charge in [-0.05, 0) is 41.4 Å². The fourth-order valence-electron chi connectivity index (χ4n) is 5.36. The second kappa shape index (κ2) is 18.5. The van der Waals surface area contributed by atoms with E-state index in [-0.39, 0.29) is 36.9 Å². The van der Waals surface area contributed by atoms with E-state index >= 15 is 0 Å². The average molecular weight is 699 g/mol. The normalized spacial score (nSPS) is 11.5. The van der Waals surface area contributed by atoms with Crippen molar-refractivity contribution in [3.8, 4) is 33.6 Å². The number of hydrogen-bond acceptors (Lipinski definition) is 4. The smallest absolute Gasteiger partial charge is 0.341 e. The van der Waals surface area contributed by atoms with Gasteiger partial charge in [0.05, 0.1) is 25.0 Å². The van der Waals surface area contributed by atoms with E-state index in [1.807, 2.05) is 80.4 Å². The van der Waals surface area contributed by atoms with Crippen LogP contribution in [0.5, 0.6) is 0 Å². The summed E-state index contributed by atoms with van der Waals surface area (Å²) < 4.78 is 46.0. The third kappa shape index (κ3) is 12.8. The van der Waals surface area contributed by atoms with E-state index in [9.17, 15) is 27.2 Å². The summed E-state index contributed by atoms with van der Waals surface area (Å²) in [5, 5.41) is 0. The molecule has 12 heteroatoms. The number of nitrogens with one attached hydrogen (secondary N) is 2. The fraction of sp³-hybridized carbons (Fsp3) is 0.474. The second-order valence-electron chi connectivity index (χ2n) is 13.4. The van der Waals surface area contributed by atoms with Crippen LogP contribution in [0, 0.1) is 17.8 Å². The molecule has 0 bridgehead atoms. The first-order valence-corrected chi connectivity index (χ1v) is 17.2. The van der Waals surface area contributed by atoms with Crippen LogP contribution in [0.25, 0.3) is 33.6 Å². The van der Waals surface area contributed by atoms with E-state index in [4.69, 9.17) is 0 Å². The van der Waals surface area contributed by atoms with Gasteiger partial charge in [-0.1, -0.05) is 90.1 Å². The van der Waals surface area contributed by atoms with Gasteiger partial charge in [0.15, 0.2) is 0 Å². The molecule has 0 spiro atoms. The Morgan fingerprint density at radius 3 is 1.58 bits per heavy atom. The van der Waals surface area contributed by atoms with Crippen LogP contribution in [0.1, 0.15) is 85.8 Å². The van der Waals surface area contributed by atoms with E-state index in [0.717, 1.165) is 41.1 Å². The summed E-state index contributed by atoms with van der Waals surface area (Å²) in [6.45, 7) is 14.5. The Kier molecular flexibility index (Phi) is 14.8. The molecule has 0 aliphatic carbocycles. The number of aromatic amines is 2. The number of alkyl halides is 3. The Hall–Kier alpha value is -4.48. The van der Waals surface area contributed by atoms with Crippen molar-refractivity contribution in [3.63, 3.8) is 0 Å². The summed E-state index contributed by atoms with van der Waals surface area (Å²) >= 11 is 0. The van der Waals surface area contributed by atoms with Crippen LogP contribution >= 0.6 is 0 Å². The van der Waals surface area contributed by atoms with Gasteiger partial charge < -0.3 is 19.8 Å². The number of hydrogen-bond donors (Lipinski definition) is 2. The lowest BCUT2D eigenvalue weighted by Crippen LogP contribution is -2.32. The molecule has 272 valence electrons. The van der Waals surface area contributed by atoms with Crippen LogP contribution in [-0.4, -0.2) is 60.8 Å². The van der Waals surface area contributed by atoms with Gasteiger partial charge in [-0.25, -0.2) is 9.97 Å². The summed E-state index contributed by atoms with van der Waals surface area (Å²) in [7, 11) is 0. The Morgan fingerprint density at radius 1 is 0.720 bits per heavy atom. The average Bonchev–Trinajstić information content (AvgIpc) is 3.65. The van der Waals surface area contributed by atoms with Gasteiger partial charge in [-0.2, -0.15) is 17.6 Å². The molecule has 2 amide bonds. The van der Waals surface area contributed by atoms with Gasteiger partial charge in [0, 0.05) is 38.4 Å². The van der Waals surface area contributed by atoms with Crippen LogP contribution in [0.4, 0.5) is 17.6 Å². The molecule has 0 aliphatic heterocycles. The van der Waals surface area contributed by atoms with Crippen molar-refractivity contribution < 1.29 is 27.2 Å². The number of carbonyl (C=O) groups is 2. The molecule has 2 aromatic carbocycles. The van der Waals surface area contributed by atoms with Gasteiger partial charge >= 0.3 is 6.18 Å². The van der Waals surface area contributed by atoms with Crippen LogP contribution < -0.4 is 0 Å². The van der Waals surface area contributed by atoms with E-state index < -0.39 is 12.1 Å². The minimum absolute atomic E-state index is 0.0563. The number of halogens is 4. The summed E-state index contributed by atoms with van der Waals surface area (Å²) in [5.74, 6) is 1.49. The third-order valence-corrected chi connectivity index (χ3v) is 7.56. The molecule has 2 N–H and O–H groups in total. The highest BCUT2D eigenvalue weighted by Crippen LogP contribution is 2.28. The molecule has 2 heterocycles. The van der Waals surface area contributed by atoms with Gasteiger partial charge in [-0.3, -0.25) is 9.59 Å². The van der Waals surface area contributed by atoms with Gasteiger partial charge in [-0.15, -0.1) is 0 Å². The highest BCUT2D eigenvalue weighted by atomic mass is 19.4. The molecule has 0 radical (unpaired) electrons. The standard InChI is InChI=1S/C36H47FN6O2.C2H3F3/c1-7-17-42(33(44)19-24(3)4)22-31-38-21-30(39-31)28-13-9-26(10-14-28)27-11-15-29(16-12-27)35-36(37)41-32(40-35)23-43(18-8-2)34(45)20-25(5)6;1-2(3,4)5/h9-16,21,24-25H,7-8,17-20,22-23H2,1-6H3,(H,38,39)(H,40,41);1H3. The van der Waals surface area contributed by atoms with Crippen molar-refractivity contribution in [2.45, 2.75) is 93.4 Å². The topological polar surface area (TPSA) is 98.0 Å². The molecule has 0 unspecified atom stereocenters. The zero-order valence-electron chi connectivity index (χ0n) is 30.1. The molecular formula is C38H50F4N6O2. The monoisotopic (exact) mass is 698 g/mol. The molecule has 4 rings (SSSR count). The first kappa shape index (κ1) is 40.0. The zero-order chi connectivity index (χ0) is 37.0. The number of nitrogens with zero attached hydrogens (tertiary/aromatic N) is 4. The number of amides is 2. The number of rotatable bonds is 15. The lowest BCUT2D eigenvalue weighted by atomic mass is 10.0. The predicted molar refractivity (Wildman–Crippen MR) is 189 cm³/mol. The van der Waals surface area contributed by atoms with E-state index in [0.29, 0.717) is 49.8 Å². The van der Waals surface area contributed by atoms with E-state index in [2.05, 4.69) is 40.7 Å². The van der Waals surface area contributed by atoms with Gasteiger partial charge in [0.1, 0.15) is 17.3 Å². The summed E-state index contributed by atoms with van der Waals surface area (Å²) in [6.07, 6.45) is 0.524. The SMILES string of the molecule is CC(F)(F)F.CCCN(Cc1ncc(-c2ccc(-c3ccc(-c4nc(CN(CCC)C(=O)CC(C)C)[nH]c4F)cc3)cc2)[nH]1)C(=O)CC(C)C. The van der Waals surface area contributed by atoms with Crippen molar-refractivity contribution in [1.29, 1.82) is 0 Å². The summed E-state index contributed by atoms with van der Waals surface area (Å²) in [4.78, 5) is 44.1. The number of aromatic nitrogens is 4. The highest BCUT2D eigenvalue weighted by Gasteiger charge is 2.20. The first-order valence-electron chi connectivity index (χ1n) is 17.2. The number of imidazole rings is 2. The molecule has 2 aromatic heterocycles. The Balaban J connectivity index is 0.00000126. The number of H-pyrrole nitrogens is 2. The van der Waals surface area contributed by atoms with Gasteiger partial charge in [0.2, 0.25) is 17.8 Å². The molecule has 0 fully saturated rings. The molecule has 8 nitrogen and oxygen atoms in total. The van der Waals surface area contributed by atoms with Crippen LogP contribution in [0.2, 0.25) is 0 Å². The van der Waals surface area contributed by atoms with Crippen molar-refractivity contribution in [2.24, 2.45) is 11.8 Å². The Labute approximate surface area is 292 Å². The highest BCUT2D eigenvalue weighted by molar-refractivity contribution is 5.77. The summed E-state index contributed by atoms with van der Waals surface area (Å²) in [5.41, 5.74) is 4.84. The minimum atomic E-state index is -4.00. The largest absolute Gasteiger partial charge is 0.386 e. The van der Waals surface area contributed by atoms with Crippen molar-refractivity contribution in [2.75, 3.05) is 13.1 Å². The maximum atomic E-state index is 14.9. The zero-order valence-corrected chi connectivity index (χ0v) is 30.1. The molecule has 0 aliphatic rings. The maximum absolute atomic E-state index is 14.9. The van der Waals surface area contributed by atoms with Gasteiger partial charge in [0.25, 0.3) is 0 Å². The molecule has 4 aromatic rings. The van der Waals surface area contributed by atoms with Crippen molar-refractivity contribution >= 4 is 11.8 Å². The van der Waals surface area contributed by atoms with Crippen molar-refractivity contribution in [3.05, 3.63) is 72.3 Å². The second-order valence-corrected chi connectivity index (χ2v) is 13.4. The molecule has 50 heavy (non-hydrogen) atoms. The lowest BCUT2D eigenvalue weighted by molar-refractivity contribution is -0.133. The summed E-state index contributed by atoms with van der Waals surface area (Å²) in [6, 6.07) is 15.8. The fourth-order valence-corrected chi connectivity index (χ4v) is 5.36. The molecule has 0 atom stereocenters. The quantitative estimate of drug-likeness (QED) is 0.121. The molecule has 0 saturated carbocycles. The Bertz CT molecular complexity index is 1640. The minimum Gasteiger partial charge on any atom is -0.341 e. The van der Waals surface area contributed by atoms with E-state index in [1.165, 1.54) is 0 Å². The number of carbonyl (C=O) groups excluding carboxylic acids is 2. The predicted octanol–water partition coefficient (Wildman–Crippen LogP) is 9.41. The van der Waals surface area contributed by atoms with Crippen LogP contribution in [0.15, 0.2) is 54.7 Å². The lowest BCUT2D eigenvalue weighted by Gasteiger charge is -2.22. The third-order valence-electron chi connectivity index (χ3n) is 7.56. The van der Waals surface area contributed by atoms with E-state index in [1.54, 1.807) is 4.90 Å². The molecular weight excluding hydrogens is 648 g/mol. The maximum Gasteiger partial charge on any atom is 0.386 e. The first-order chi connectivity index (χ1) is 23.6. The Morgan fingerprint density at radius 2 is 1.14 bits per heavy atom. The van der Waals surface area contributed by atoms with Crippen LogP contribution in [-0.2, 0) is 22.7 Å². The molecule has 0 saturated heterocycles. The van der Waals surface area contributed by atoms with Crippen LogP contribution in [0.3, 0.4) is 0 Å².